The maximum Gasteiger partial charge on any atom is 0.169 e. The van der Waals surface area contributed by atoms with Crippen molar-refractivity contribution in [2.24, 2.45) is 0 Å². The minimum atomic E-state index is 0.0347. The van der Waals surface area contributed by atoms with Gasteiger partial charge in [-0.25, -0.2) is 4.98 Å². The van der Waals surface area contributed by atoms with Gasteiger partial charge in [-0.3, -0.25) is 4.79 Å². The van der Waals surface area contributed by atoms with Gasteiger partial charge in [0.05, 0.1) is 6.61 Å². The first-order valence-corrected chi connectivity index (χ1v) is 5.38. The molecule has 0 radical (unpaired) electrons. The standard InChI is InChI=1S/C9H12N2O2S/c1-11-2-3-13-8(4-11)9-10-7(5-12)6-14-9/h5-6,8H,2-4H2,1H3. The predicted octanol–water partition coefficient (Wildman–Crippen LogP) is 0.959. The topological polar surface area (TPSA) is 42.4 Å². The molecular formula is C9H12N2O2S. The molecule has 1 fully saturated rings. The number of morpholine rings is 1. The minimum Gasteiger partial charge on any atom is -0.368 e. The molecule has 0 aliphatic carbocycles. The van der Waals surface area contributed by atoms with Crippen LogP contribution in [-0.2, 0) is 4.74 Å². The SMILES string of the molecule is CN1CCOC(c2nc(C=O)cs2)C1. The van der Waals surface area contributed by atoms with Crippen LogP contribution in [0.4, 0.5) is 0 Å². The number of carbonyl (C=O) groups excluding carboxylic acids is 1. The first kappa shape index (κ1) is 9.76. The summed E-state index contributed by atoms with van der Waals surface area (Å²) in [5.74, 6) is 0. The summed E-state index contributed by atoms with van der Waals surface area (Å²) >= 11 is 1.49. The summed E-state index contributed by atoms with van der Waals surface area (Å²) in [6.45, 7) is 2.55. The lowest BCUT2D eigenvalue weighted by molar-refractivity contribution is -0.0210. The van der Waals surface area contributed by atoms with Gasteiger partial charge in [-0.1, -0.05) is 0 Å². The molecule has 1 aliphatic rings. The Morgan fingerprint density at radius 1 is 1.79 bits per heavy atom. The van der Waals surface area contributed by atoms with Crippen LogP contribution in [0.5, 0.6) is 0 Å². The summed E-state index contributed by atoms with van der Waals surface area (Å²) in [5, 5.41) is 2.67. The zero-order chi connectivity index (χ0) is 9.97. The fourth-order valence-electron chi connectivity index (χ4n) is 1.43. The molecule has 1 aromatic heterocycles. The molecular weight excluding hydrogens is 200 g/mol. The molecule has 14 heavy (non-hydrogen) atoms. The van der Waals surface area contributed by atoms with Crippen LogP contribution in [-0.4, -0.2) is 42.9 Å². The Kier molecular flexibility index (Phi) is 2.90. The molecule has 0 N–H and O–H groups in total. The first-order valence-electron chi connectivity index (χ1n) is 4.50. The fourth-order valence-corrected chi connectivity index (χ4v) is 2.23. The van der Waals surface area contributed by atoms with Crippen molar-refractivity contribution in [2.75, 3.05) is 26.7 Å². The third kappa shape index (κ3) is 2.00. The molecule has 4 nitrogen and oxygen atoms in total. The molecule has 0 saturated carbocycles. The maximum absolute atomic E-state index is 10.5. The van der Waals surface area contributed by atoms with Crippen LogP contribution in [0.1, 0.15) is 21.6 Å². The lowest BCUT2D eigenvalue weighted by Gasteiger charge is -2.28. The smallest absolute Gasteiger partial charge is 0.169 e. The summed E-state index contributed by atoms with van der Waals surface area (Å²) in [5.41, 5.74) is 0.502. The number of hydrogen-bond donors (Lipinski definition) is 0. The monoisotopic (exact) mass is 212 g/mol. The van der Waals surface area contributed by atoms with E-state index in [9.17, 15) is 4.79 Å². The predicted molar refractivity (Wildman–Crippen MR) is 53.7 cm³/mol. The van der Waals surface area contributed by atoms with E-state index in [1.54, 1.807) is 5.38 Å². The van der Waals surface area contributed by atoms with E-state index in [1.807, 2.05) is 0 Å². The number of carbonyl (C=O) groups is 1. The van der Waals surface area contributed by atoms with Crippen molar-refractivity contribution in [3.8, 4) is 0 Å². The Morgan fingerprint density at radius 2 is 2.64 bits per heavy atom. The van der Waals surface area contributed by atoms with Gasteiger partial charge >= 0.3 is 0 Å². The molecule has 1 aromatic rings. The van der Waals surface area contributed by atoms with E-state index >= 15 is 0 Å². The van der Waals surface area contributed by atoms with E-state index in [1.165, 1.54) is 11.3 Å². The maximum atomic E-state index is 10.5. The van der Waals surface area contributed by atoms with Crippen molar-refractivity contribution in [2.45, 2.75) is 6.10 Å². The Morgan fingerprint density at radius 3 is 3.29 bits per heavy atom. The first-order chi connectivity index (χ1) is 6.79. The van der Waals surface area contributed by atoms with Gasteiger partial charge < -0.3 is 9.64 Å². The highest BCUT2D eigenvalue weighted by molar-refractivity contribution is 7.09. The minimum absolute atomic E-state index is 0.0347. The highest BCUT2D eigenvalue weighted by atomic mass is 32.1. The van der Waals surface area contributed by atoms with Crippen LogP contribution in [0.2, 0.25) is 0 Å². The third-order valence-electron chi connectivity index (χ3n) is 2.21. The van der Waals surface area contributed by atoms with E-state index in [2.05, 4.69) is 16.9 Å². The normalized spacial score (nSPS) is 23.6. The van der Waals surface area contributed by atoms with E-state index in [4.69, 9.17) is 4.74 Å². The molecule has 0 spiro atoms. The second-order valence-corrected chi connectivity index (χ2v) is 4.24. The van der Waals surface area contributed by atoms with E-state index in [0.29, 0.717) is 5.69 Å². The number of rotatable bonds is 2. The number of aromatic nitrogens is 1. The number of hydrogen-bond acceptors (Lipinski definition) is 5. The van der Waals surface area contributed by atoms with Gasteiger partial charge in [0, 0.05) is 18.5 Å². The van der Waals surface area contributed by atoms with Gasteiger partial charge in [-0.15, -0.1) is 11.3 Å². The van der Waals surface area contributed by atoms with Crippen LogP contribution >= 0.6 is 11.3 Å². The zero-order valence-electron chi connectivity index (χ0n) is 7.97. The van der Waals surface area contributed by atoms with Crippen LogP contribution in [0, 0.1) is 0 Å². The quantitative estimate of drug-likeness (QED) is 0.685. The van der Waals surface area contributed by atoms with Crippen molar-refractivity contribution in [3.05, 3.63) is 16.1 Å². The summed E-state index contributed by atoms with van der Waals surface area (Å²) in [7, 11) is 2.06. The summed E-state index contributed by atoms with van der Waals surface area (Å²) in [6.07, 6.45) is 0.805. The summed E-state index contributed by atoms with van der Waals surface area (Å²) in [6, 6.07) is 0. The van der Waals surface area contributed by atoms with Gasteiger partial charge in [0.1, 0.15) is 16.8 Å². The van der Waals surface area contributed by atoms with E-state index in [-0.39, 0.29) is 6.10 Å². The van der Waals surface area contributed by atoms with Crippen molar-refractivity contribution >= 4 is 17.6 Å². The Balaban J connectivity index is 2.09. The molecule has 0 bridgehead atoms. The molecule has 1 unspecified atom stereocenters. The lowest BCUT2D eigenvalue weighted by Crippen LogP contribution is -2.35. The van der Waals surface area contributed by atoms with E-state index < -0.39 is 0 Å². The average Bonchev–Trinajstić information content (AvgIpc) is 2.66. The van der Waals surface area contributed by atoms with Gasteiger partial charge in [0.15, 0.2) is 6.29 Å². The molecule has 2 rings (SSSR count). The average molecular weight is 212 g/mol. The van der Waals surface area contributed by atoms with Gasteiger partial charge in [-0.2, -0.15) is 0 Å². The number of likely N-dealkylation sites (N-methyl/N-ethyl adjacent to an activating group) is 1. The van der Waals surface area contributed by atoms with Crippen LogP contribution in [0.25, 0.3) is 0 Å². The number of aldehydes is 1. The molecule has 0 aromatic carbocycles. The molecule has 76 valence electrons. The molecule has 1 aliphatic heterocycles. The lowest BCUT2D eigenvalue weighted by atomic mass is 10.3. The van der Waals surface area contributed by atoms with Gasteiger partial charge in [0.2, 0.25) is 0 Å². The van der Waals surface area contributed by atoms with Crippen LogP contribution in [0.3, 0.4) is 0 Å². The zero-order valence-corrected chi connectivity index (χ0v) is 8.79. The second kappa shape index (κ2) is 4.16. The van der Waals surface area contributed by atoms with Crippen molar-refractivity contribution in [1.29, 1.82) is 0 Å². The highest BCUT2D eigenvalue weighted by Crippen LogP contribution is 2.24. The van der Waals surface area contributed by atoms with Crippen LogP contribution in [0.15, 0.2) is 5.38 Å². The molecule has 1 atom stereocenters. The third-order valence-corrected chi connectivity index (χ3v) is 3.16. The van der Waals surface area contributed by atoms with Crippen LogP contribution < -0.4 is 0 Å². The van der Waals surface area contributed by atoms with Gasteiger partial charge in [0.25, 0.3) is 0 Å². The van der Waals surface area contributed by atoms with Crippen molar-refractivity contribution in [3.63, 3.8) is 0 Å². The molecule has 0 amide bonds. The second-order valence-electron chi connectivity index (χ2n) is 3.35. The van der Waals surface area contributed by atoms with Crippen molar-refractivity contribution < 1.29 is 9.53 Å². The van der Waals surface area contributed by atoms with Crippen molar-refractivity contribution in [1.82, 2.24) is 9.88 Å². The molecule has 5 heteroatoms. The highest BCUT2D eigenvalue weighted by Gasteiger charge is 2.22. The molecule has 1 saturated heterocycles. The summed E-state index contributed by atoms with van der Waals surface area (Å²) < 4.78 is 5.58. The molecule has 2 heterocycles. The van der Waals surface area contributed by atoms with Gasteiger partial charge in [-0.05, 0) is 7.05 Å². The number of nitrogens with zero attached hydrogens (tertiary/aromatic N) is 2. The Hall–Kier alpha value is -0.780. The Bertz CT molecular complexity index is 326. The number of thiazole rings is 1. The fraction of sp³-hybridized carbons (Fsp3) is 0.556. The Labute approximate surface area is 86.5 Å². The largest absolute Gasteiger partial charge is 0.368 e. The van der Waals surface area contributed by atoms with E-state index in [0.717, 1.165) is 31.0 Å². The summed E-state index contributed by atoms with van der Waals surface area (Å²) in [4.78, 5) is 16.9. The number of ether oxygens (including phenoxy) is 1.